The zero-order chi connectivity index (χ0) is 27.6. The third-order valence-electron chi connectivity index (χ3n) is 9.56. The van der Waals surface area contributed by atoms with Crippen molar-refractivity contribution in [2.75, 3.05) is 20.2 Å². The van der Waals surface area contributed by atoms with Gasteiger partial charge in [0.2, 0.25) is 10.0 Å². The molecule has 2 aliphatic heterocycles. The molecule has 7 nitrogen and oxygen atoms in total. The molecule has 2 aromatic carbocycles. The minimum absolute atomic E-state index is 0.0758. The molecular formula is C31H40N2O5S. The fourth-order valence-electron chi connectivity index (χ4n) is 8.10. The van der Waals surface area contributed by atoms with E-state index in [1.165, 1.54) is 0 Å². The molecule has 2 aromatic rings. The second kappa shape index (κ2) is 9.61. The Labute approximate surface area is 232 Å². The minimum atomic E-state index is -3.68. The van der Waals surface area contributed by atoms with Crippen molar-refractivity contribution < 1.29 is 23.0 Å². The van der Waals surface area contributed by atoms with Gasteiger partial charge < -0.3 is 14.6 Å². The van der Waals surface area contributed by atoms with Crippen molar-refractivity contribution in [1.82, 2.24) is 9.62 Å². The molecule has 8 heteroatoms. The fraction of sp³-hybridized carbons (Fsp3) is 0.548. The summed E-state index contributed by atoms with van der Waals surface area (Å²) in [6, 6.07) is 11.3. The van der Waals surface area contributed by atoms with Crippen molar-refractivity contribution >= 4 is 10.0 Å². The maximum atomic E-state index is 13.7. The lowest BCUT2D eigenvalue weighted by atomic mass is 9.48. The van der Waals surface area contributed by atoms with Gasteiger partial charge in [-0.2, -0.15) is 0 Å². The number of sulfonamides is 1. The Hall–Kier alpha value is -2.39. The summed E-state index contributed by atoms with van der Waals surface area (Å²) in [4.78, 5) is 2.33. The Kier molecular flexibility index (Phi) is 6.61. The van der Waals surface area contributed by atoms with Gasteiger partial charge in [-0.05, 0) is 67.3 Å². The van der Waals surface area contributed by atoms with Gasteiger partial charge in [-0.3, -0.25) is 4.90 Å². The van der Waals surface area contributed by atoms with Crippen molar-refractivity contribution in [3.8, 4) is 11.5 Å². The maximum absolute atomic E-state index is 13.7. The molecule has 0 unspecified atom stereocenters. The Balaban J connectivity index is 1.37. The molecule has 6 rings (SSSR count). The highest BCUT2D eigenvalue weighted by Crippen LogP contribution is 2.65. The molecule has 210 valence electrons. The minimum Gasteiger partial charge on any atom is -0.493 e. The van der Waals surface area contributed by atoms with Gasteiger partial charge in [0.15, 0.2) is 11.5 Å². The predicted octanol–water partition coefficient (Wildman–Crippen LogP) is 3.72. The zero-order valence-electron chi connectivity index (χ0n) is 23.2. The first-order chi connectivity index (χ1) is 18.6. The van der Waals surface area contributed by atoms with Gasteiger partial charge >= 0.3 is 0 Å². The summed E-state index contributed by atoms with van der Waals surface area (Å²) >= 11 is 0. The molecule has 4 aliphatic rings. The van der Waals surface area contributed by atoms with Crippen molar-refractivity contribution in [1.29, 1.82) is 0 Å². The summed E-state index contributed by atoms with van der Waals surface area (Å²) in [6.45, 7) is 9.72. The number of ether oxygens (including phenoxy) is 2. The molecule has 2 fully saturated rings. The van der Waals surface area contributed by atoms with Gasteiger partial charge in [0, 0.05) is 18.2 Å². The molecular weight excluding hydrogens is 512 g/mol. The topological polar surface area (TPSA) is 88.1 Å². The molecule has 0 radical (unpaired) electrons. The summed E-state index contributed by atoms with van der Waals surface area (Å²) in [5.74, 6) is 1.66. The number of likely N-dealkylation sites (tertiary alicyclic amines) is 1. The fourth-order valence-corrected chi connectivity index (χ4v) is 9.58. The van der Waals surface area contributed by atoms with Crippen LogP contribution in [0.1, 0.15) is 55.4 Å². The van der Waals surface area contributed by atoms with Crippen molar-refractivity contribution in [2.45, 2.75) is 80.9 Å². The van der Waals surface area contributed by atoms with Crippen molar-refractivity contribution in [3.05, 3.63) is 71.3 Å². The van der Waals surface area contributed by atoms with Crippen molar-refractivity contribution in [3.63, 3.8) is 0 Å². The first-order valence-electron chi connectivity index (χ1n) is 14.1. The van der Waals surface area contributed by atoms with Gasteiger partial charge in [0.1, 0.15) is 6.10 Å². The maximum Gasteiger partial charge on any atom is 0.216 e. The van der Waals surface area contributed by atoms with Crippen LogP contribution in [-0.2, 0) is 34.0 Å². The highest BCUT2D eigenvalue weighted by Gasteiger charge is 2.73. The van der Waals surface area contributed by atoms with E-state index in [1.807, 2.05) is 36.4 Å². The van der Waals surface area contributed by atoms with E-state index in [4.69, 9.17) is 9.47 Å². The van der Waals surface area contributed by atoms with Crippen LogP contribution in [0.4, 0.5) is 0 Å². The molecule has 0 aromatic heterocycles. The van der Waals surface area contributed by atoms with E-state index < -0.39 is 33.2 Å². The largest absolute Gasteiger partial charge is 0.493 e. The highest BCUT2D eigenvalue weighted by atomic mass is 32.2. The molecule has 1 spiro atoms. The standard InChI is InChI=1S/C31H40N2O5S/c1-5-15-33-16-14-30-27-22-10-11-25(37-4)28(27)38-29(30)24(12-13-31(30,34)26(33)18-22)32-39(35,36)19-23-9-7-6-8-21(23)17-20(2)3/h5-11,20,24,26,29,32,34H,1,12-19H2,2-4H3/t24-,26-,29+,30+,31-/m1/s1. The second-order valence-corrected chi connectivity index (χ2v) is 14.0. The highest BCUT2D eigenvalue weighted by molar-refractivity contribution is 7.88. The van der Waals surface area contributed by atoms with Crippen LogP contribution in [0.3, 0.4) is 0 Å². The van der Waals surface area contributed by atoms with Gasteiger partial charge in [-0.15, -0.1) is 6.58 Å². The number of rotatable bonds is 9. The van der Waals surface area contributed by atoms with Crippen LogP contribution in [0, 0.1) is 5.92 Å². The first kappa shape index (κ1) is 26.8. The monoisotopic (exact) mass is 552 g/mol. The normalized spacial score (nSPS) is 31.1. The van der Waals surface area contributed by atoms with Crippen LogP contribution in [0.5, 0.6) is 11.5 Å². The SMILES string of the molecule is C=CCN1CC[C@]23c4c5ccc(OC)c4O[C@H]2[C@H](NS(=O)(=O)Cc2ccccc2CC(C)C)CC[C@@]3(O)[C@H]1C5. The van der Waals surface area contributed by atoms with Crippen molar-refractivity contribution in [2.24, 2.45) is 5.92 Å². The Morgan fingerprint density at radius 1 is 1.23 bits per heavy atom. The predicted molar refractivity (Wildman–Crippen MR) is 152 cm³/mol. The molecule has 2 bridgehead atoms. The molecule has 39 heavy (non-hydrogen) atoms. The number of hydrogen-bond donors (Lipinski definition) is 2. The van der Waals surface area contributed by atoms with Crippen LogP contribution >= 0.6 is 0 Å². The Bertz CT molecular complexity index is 1390. The van der Waals surface area contributed by atoms with E-state index in [2.05, 4.69) is 36.1 Å². The second-order valence-electron chi connectivity index (χ2n) is 12.2. The van der Waals surface area contributed by atoms with Crippen LogP contribution in [-0.4, -0.2) is 62.4 Å². The summed E-state index contributed by atoms with van der Waals surface area (Å²) in [7, 11) is -2.05. The average molecular weight is 553 g/mol. The Morgan fingerprint density at radius 3 is 2.72 bits per heavy atom. The summed E-state index contributed by atoms with van der Waals surface area (Å²) in [5.41, 5.74) is 2.35. The quantitative estimate of drug-likeness (QED) is 0.461. The number of benzene rings is 2. The molecule has 1 saturated carbocycles. The molecule has 2 heterocycles. The average Bonchev–Trinajstić information content (AvgIpc) is 3.24. The van der Waals surface area contributed by atoms with Crippen LogP contribution in [0.15, 0.2) is 49.1 Å². The third kappa shape index (κ3) is 4.05. The van der Waals surface area contributed by atoms with E-state index in [9.17, 15) is 13.5 Å². The Morgan fingerprint density at radius 2 is 2.00 bits per heavy atom. The lowest BCUT2D eigenvalue weighted by Crippen LogP contribution is -2.78. The van der Waals surface area contributed by atoms with Crippen LogP contribution < -0.4 is 14.2 Å². The molecule has 2 aliphatic carbocycles. The van der Waals surface area contributed by atoms with E-state index >= 15 is 0 Å². The van der Waals surface area contributed by atoms with Crippen LogP contribution in [0.25, 0.3) is 0 Å². The molecule has 5 atom stereocenters. The summed E-state index contributed by atoms with van der Waals surface area (Å²) in [5, 5.41) is 12.6. The number of nitrogens with one attached hydrogen (secondary N) is 1. The smallest absolute Gasteiger partial charge is 0.216 e. The van der Waals surface area contributed by atoms with E-state index in [0.29, 0.717) is 43.2 Å². The number of piperidine rings is 1. The van der Waals surface area contributed by atoms with E-state index in [0.717, 1.165) is 41.6 Å². The molecule has 2 N–H and O–H groups in total. The third-order valence-corrected chi connectivity index (χ3v) is 10.9. The summed E-state index contributed by atoms with van der Waals surface area (Å²) in [6.07, 6.45) is 4.61. The van der Waals surface area contributed by atoms with Gasteiger partial charge in [0.25, 0.3) is 0 Å². The van der Waals surface area contributed by atoms with Gasteiger partial charge in [-0.25, -0.2) is 13.1 Å². The summed E-state index contributed by atoms with van der Waals surface area (Å²) < 4.78 is 42.8. The molecule has 0 amide bonds. The zero-order valence-corrected chi connectivity index (χ0v) is 24.0. The lowest BCUT2D eigenvalue weighted by Gasteiger charge is -2.64. The van der Waals surface area contributed by atoms with Gasteiger partial charge in [0.05, 0.1) is 29.9 Å². The molecule has 1 saturated heterocycles. The first-order valence-corrected chi connectivity index (χ1v) is 15.8. The van der Waals surface area contributed by atoms with Gasteiger partial charge in [-0.1, -0.05) is 50.3 Å². The number of aliphatic hydroxyl groups is 1. The number of methoxy groups -OCH3 is 1. The number of nitrogens with zero attached hydrogens (tertiary/aromatic N) is 1. The van der Waals surface area contributed by atoms with E-state index in [1.54, 1.807) is 7.11 Å². The van der Waals surface area contributed by atoms with E-state index in [-0.39, 0.29) is 11.8 Å². The number of hydrogen-bond acceptors (Lipinski definition) is 6. The van der Waals surface area contributed by atoms with Crippen LogP contribution in [0.2, 0.25) is 0 Å². The lowest BCUT2D eigenvalue weighted by molar-refractivity contribution is -0.188.